The average molecular weight is 393 g/mol. The van der Waals surface area contributed by atoms with Gasteiger partial charge in [0.2, 0.25) is 0 Å². The molecule has 0 unspecified atom stereocenters. The monoisotopic (exact) mass is 393 g/mol. The highest BCUT2D eigenvalue weighted by Gasteiger charge is 2.27. The Balaban J connectivity index is 1.54. The Kier molecular flexibility index (Phi) is 5.09. The summed E-state index contributed by atoms with van der Waals surface area (Å²) in [6, 6.07) is 11.8. The molecule has 0 spiro atoms. The van der Waals surface area contributed by atoms with Gasteiger partial charge in [0, 0.05) is 44.9 Å². The maximum absolute atomic E-state index is 13.3. The summed E-state index contributed by atoms with van der Waals surface area (Å²) in [5.41, 5.74) is 4.42. The van der Waals surface area contributed by atoms with Gasteiger partial charge in [-0.3, -0.25) is 4.79 Å². The van der Waals surface area contributed by atoms with Gasteiger partial charge >= 0.3 is 0 Å². The summed E-state index contributed by atoms with van der Waals surface area (Å²) in [6.07, 6.45) is 0. The minimum Gasteiger partial charge on any atom is -0.495 e. The third kappa shape index (κ3) is 3.62. The van der Waals surface area contributed by atoms with Gasteiger partial charge in [-0.05, 0) is 26.0 Å². The number of carbonyl (C=O) groups excluding carboxylic acids is 1. The molecule has 1 fully saturated rings. The number of hydrogen-bond acceptors (Lipinski definition) is 4. The van der Waals surface area contributed by atoms with Crippen LogP contribution in [0, 0.1) is 6.92 Å². The smallest absolute Gasteiger partial charge is 0.270 e. The van der Waals surface area contributed by atoms with Crippen molar-refractivity contribution in [3.63, 3.8) is 0 Å². The van der Waals surface area contributed by atoms with Crippen molar-refractivity contribution in [3.8, 4) is 5.75 Å². The van der Waals surface area contributed by atoms with Crippen LogP contribution < -0.4 is 9.64 Å². The second kappa shape index (κ2) is 7.70. The molecule has 2 aromatic heterocycles. The molecule has 6 nitrogen and oxygen atoms in total. The predicted molar refractivity (Wildman–Crippen MR) is 115 cm³/mol. The lowest BCUT2D eigenvalue weighted by atomic mass is 10.2. The maximum Gasteiger partial charge on any atom is 0.270 e. The number of benzene rings is 1. The van der Waals surface area contributed by atoms with Gasteiger partial charge < -0.3 is 23.5 Å². The second-order valence-corrected chi connectivity index (χ2v) is 7.63. The van der Waals surface area contributed by atoms with E-state index in [9.17, 15) is 4.79 Å². The number of carbonyl (C=O) groups is 1. The lowest BCUT2D eigenvalue weighted by Gasteiger charge is -2.36. The summed E-state index contributed by atoms with van der Waals surface area (Å²) in [7, 11) is 1.69. The third-order valence-electron chi connectivity index (χ3n) is 5.35. The van der Waals surface area contributed by atoms with Crippen molar-refractivity contribution < 1.29 is 13.9 Å². The van der Waals surface area contributed by atoms with E-state index in [1.165, 1.54) is 0 Å². The first-order valence-corrected chi connectivity index (χ1v) is 9.89. The van der Waals surface area contributed by atoms with E-state index in [-0.39, 0.29) is 5.91 Å². The highest BCUT2D eigenvalue weighted by molar-refractivity contribution is 5.98. The number of hydrogen-bond donors (Lipinski definition) is 0. The number of amides is 1. The quantitative estimate of drug-likeness (QED) is 0.613. The summed E-state index contributed by atoms with van der Waals surface area (Å²) in [4.78, 5) is 17.5. The molecule has 1 saturated heterocycles. The van der Waals surface area contributed by atoms with E-state index in [1.807, 2.05) is 53.6 Å². The van der Waals surface area contributed by atoms with E-state index >= 15 is 0 Å². The highest BCUT2D eigenvalue weighted by atomic mass is 16.5. The number of rotatable bonds is 5. The van der Waals surface area contributed by atoms with Crippen molar-refractivity contribution in [2.24, 2.45) is 0 Å². The summed E-state index contributed by atoms with van der Waals surface area (Å²) in [5, 5.41) is 0. The van der Waals surface area contributed by atoms with E-state index in [2.05, 4.69) is 17.5 Å². The number of para-hydroxylation sites is 2. The van der Waals surface area contributed by atoms with Crippen molar-refractivity contribution >= 4 is 22.7 Å². The Morgan fingerprint density at radius 1 is 1.17 bits per heavy atom. The molecule has 0 aliphatic carbocycles. The van der Waals surface area contributed by atoms with Crippen molar-refractivity contribution in [1.82, 2.24) is 9.47 Å². The average Bonchev–Trinajstić information content (AvgIpc) is 3.24. The number of fused-ring (bicyclic) bond motifs is 1. The van der Waals surface area contributed by atoms with Gasteiger partial charge in [0.15, 0.2) is 5.58 Å². The lowest BCUT2D eigenvalue weighted by molar-refractivity contribution is 0.0736. The number of nitrogens with zero attached hydrogens (tertiary/aromatic N) is 3. The number of methoxy groups -OCH3 is 1. The summed E-state index contributed by atoms with van der Waals surface area (Å²) < 4.78 is 13.3. The van der Waals surface area contributed by atoms with Crippen LogP contribution in [0.3, 0.4) is 0 Å². The first-order valence-electron chi connectivity index (χ1n) is 9.89. The fraction of sp³-hybridized carbons (Fsp3) is 0.348. The first kappa shape index (κ1) is 19.2. The van der Waals surface area contributed by atoms with Crippen molar-refractivity contribution in [2.75, 3.05) is 38.2 Å². The lowest BCUT2D eigenvalue weighted by Crippen LogP contribution is -2.49. The van der Waals surface area contributed by atoms with Crippen LogP contribution in [0.2, 0.25) is 0 Å². The highest BCUT2D eigenvalue weighted by Crippen LogP contribution is 2.29. The molecule has 3 heterocycles. The number of allylic oxidation sites excluding steroid dienone is 1. The molecular formula is C23H27N3O3. The number of furan rings is 1. The van der Waals surface area contributed by atoms with Gasteiger partial charge in [0.25, 0.3) is 5.91 Å². The topological polar surface area (TPSA) is 50.9 Å². The molecule has 1 amide bonds. The van der Waals surface area contributed by atoms with E-state index in [4.69, 9.17) is 9.15 Å². The molecule has 3 aromatic rings. The van der Waals surface area contributed by atoms with Gasteiger partial charge in [-0.15, -0.1) is 0 Å². The Morgan fingerprint density at radius 2 is 1.90 bits per heavy atom. The van der Waals surface area contributed by atoms with Crippen LogP contribution in [-0.4, -0.2) is 48.7 Å². The zero-order valence-electron chi connectivity index (χ0n) is 17.3. The Bertz CT molecular complexity index is 1050. The molecule has 4 rings (SSSR count). The zero-order valence-corrected chi connectivity index (χ0v) is 17.3. The largest absolute Gasteiger partial charge is 0.495 e. The summed E-state index contributed by atoms with van der Waals surface area (Å²) in [5.74, 6) is 1.74. The molecule has 0 atom stereocenters. The van der Waals surface area contributed by atoms with Crippen LogP contribution in [0.1, 0.15) is 23.2 Å². The van der Waals surface area contributed by atoms with Gasteiger partial charge in [-0.2, -0.15) is 0 Å². The van der Waals surface area contributed by atoms with Crippen LogP contribution in [0.4, 0.5) is 5.69 Å². The molecule has 152 valence electrons. The molecule has 29 heavy (non-hydrogen) atoms. The summed E-state index contributed by atoms with van der Waals surface area (Å²) in [6.45, 7) is 11.4. The predicted octanol–water partition coefficient (Wildman–Crippen LogP) is 4.09. The number of anilines is 1. The normalized spacial score (nSPS) is 14.4. The maximum atomic E-state index is 13.3. The Morgan fingerprint density at radius 3 is 2.59 bits per heavy atom. The van der Waals surface area contributed by atoms with Crippen LogP contribution >= 0.6 is 0 Å². The number of piperazine rings is 1. The molecular weight excluding hydrogens is 366 g/mol. The third-order valence-corrected chi connectivity index (χ3v) is 5.35. The fourth-order valence-electron chi connectivity index (χ4n) is 3.99. The van der Waals surface area contributed by atoms with Crippen LogP contribution in [0.25, 0.3) is 11.1 Å². The number of aryl methyl sites for hydroxylation is 1. The van der Waals surface area contributed by atoms with E-state index < -0.39 is 0 Å². The molecule has 1 aliphatic rings. The van der Waals surface area contributed by atoms with Crippen LogP contribution in [-0.2, 0) is 6.54 Å². The minimum atomic E-state index is 0.0370. The Hall–Kier alpha value is -3.15. The zero-order chi connectivity index (χ0) is 20.5. The van der Waals surface area contributed by atoms with Crippen molar-refractivity contribution in [3.05, 3.63) is 60.0 Å². The van der Waals surface area contributed by atoms with Gasteiger partial charge in [-0.25, -0.2) is 0 Å². The first-order chi connectivity index (χ1) is 14.0. The van der Waals surface area contributed by atoms with E-state index in [1.54, 1.807) is 7.11 Å². The van der Waals surface area contributed by atoms with Crippen molar-refractivity contribution in [1.29, 1.82) is 0 Å². The summed E-state index contributed by atoms with van der Waals surface area (Å²) >= 11 is 0. The molecule has 0 N–H and O–H groups in total. The molecule has 1 aliphatic heterocycles. The Labute approximate surface area is 170 Å². The van der Waals surface area contributed by atoms with Gasteiger partial charge in [0.05, 0.1) is 18.3 Å². The minimum absolute atomic E-state index is 0.0370. The standard InChI is InChI=1S/C23H27N3O3/c1-16(2)15-26-19-13-17(3)29-22(19)14-20(26)23(27)25-11-9-24(10-12-25)18-7-5-6-8-21(18)28-4/h5-8,13-14H,1,9-12,15H2,2-4H3. The van der Waals surface area contributed by atoms with E-state index in [0.717, 1.165) is 47.0 Å². The number of aromatic nitrogens is 1. The molecule has 0 radical (unpaired) electrons. The van der Waals surface area contributed by atoms with Crippen LogP contribution in [0.15, 0.2) is 53.0 Å². The molecule has 0 saturated carbocycles. The molecule has 1 aromatic carbocycles. The van der Waals surface area contributed by atoms with Gasteiger partial charge in [0.1, 0.15) is 17.2 Å². The molecule has 6 heteroatoms. The fourth-order valence-corrected chi connectivity index (χ4v) is 3.99. The number of ether oxygens (including phenoxy) is 1. The second-order valence-electron chi connectivity index (χ2n) is 7.63. The SMILES string of the molecule is C=C(C)Cn1c(C(=O)N2CCN(c3ccccc3OC)CC2)cc2oc(C)cc21. The van der Waals surface area contributed by atoms with Crippen molar-refractivity contribution in [2.45, 2.75) is 20.4 Å². The van der Waals surface area contributed by atoms with Crippen LogP contribution in [0.5, 0.6) is 5.75 Å². The molecule has 0 bridgehead atoms. The van der Waals surface area contributed by atoms with E-state index in [0.29, 0.717) is 25.3 Å². The van der Waals surface area contributed by atoms with Gasteiger partial charge in [-0.1, -0.05) is 24.3 Å².